The number of esters is 1. The van der Waals surface area contributed by atoms with Crippen molar-refractivity contribution in [1.82, 2.24) is 10.2 Å². The van der Waals surface area contributed by atoms with E-state index in [2.05, 4.69) is 10.2 Å². The van der Waals surface area contributed by atoms with Crippen LogP contribution in [0, 0.1) is 0 Å². The Labute approximate surface area is 98.3 Å². The summed E-state index contributed by atoms with van der Waals surface area (Å²) in [6, 6.07) is -0.144. The normalized spacial score (nSPS) is 19.4. The van der Waals surface area contributed by atoms with Gasteiger partial charge in [-0.05, 0) is 32.4 Å². The van der Waals surface area contributed by atoms with Crippen molar-refractivity contribution in [2.75, 3.05) is 33.3 Å². The van der Waals surface area contributed by atoms with Gasteiger partial charge in [0, 0.05) is 13.1 Å². The fraction of sp³-hybridized carbons (Fsp3) is 0.917. The molecule has 0 saturated carbocycles. The molecule has 0 aromatic heterocycles. The Morgan fingerprint density at radius 2 is 2.06 bits per heavy atom. The smallest absolute Gasteiger partial charge is 0.322 e. The molecule has 1 N–H and O–H groups in total. The van der Waals surface area contributed by atoms with Crippen LogP contribution in [0.5, 0.6) is 0 Å². The number of piperidine rings is 1. The average molecular weight is 228 g/mol. The van der Waals surface area contributed by atoms with E-state index in [-0.39, 0.29) is 12.0 Å². The Morgan fingerprint density at radius 1 is 1.38 bits per heavy atom. The highest BCUT2D eigenvalue weighted by molar-refractivity contribution is 5.75. The van der Waals surface area contributed by atoms with E-state index in [0.717, 1.165) is 19.5 Å². The second kappa shape index (κ2) is 7.63. The van der Waals surface area contributed by atoms with Crippen molar-refractivity contribution in [3.63, 3.8) is 0 Å². The van der Waals surface area contributed by atoms with Crippen LogP contribution in [0.2, 0.25) is 0 Å². The number of ether oxygens (including phenoxy) is 1. The van der Waals surface area contributed by atoms with Crippen LogP contribution in [0.1, 0.15) is 32.6 Å². The fourth-order valence-electron chi connectivity index (χ4n) is 2.12. The molecule has 1 unspecified atom stereocenters. The van der Waals surface area contributed by atoms with Crippen molar-refractivity contribution >= 4 is 5.97 Å². The quantitative estimate of drug-likeness (QED) is 0.689. The molecule has 1 aliphatic heterocycles. The highest BCUT2D eigenvalue weighted by Gasteiger charge is 2.16. The van der Waals surface area contributed by atoms with E-state index in [4.69, 9.17) is 4.74 Å². The number of carbonyl (C=O) groups excluding carboxylic acids is 1. The highest BCUT2D eigenvalue weighted by Crippen LogP contribution is 2.07. The van der Waals surface area contributed by atoms with Crippen molar-refractivity contribution in [1.29, 1.82) is 0 Å². The van der Waals surface area contributed by atoms with Gasteiger partial charge in [0.2, 0.25) is 0 Å². The second-order valence-electron chi connectivity index (χ2n) is 4.34. The zero-order valence-electron chi connectivity index (χ0n) is 10.5. The molecule has 1 fully saturated rings. The first kappa shape index (κ1) is 13.5. The SMILES string of the molecule is CCC(NCCN1CCCCC1)C(=O)OC. The van der Waals surface area contributed by atoms with Gasteiger partial charge in [-0.1, -0.05) is 13.3 Å². The van der Waals surface area contributed by atoms with Gasteiger partial charge in [-0.15, -0.1) is 0 Å². The van der Waals surface area contributed by atoms with Crippen molar-refractivity contribution < 1.29 is 9.53 Å². The minimum atomic E-state index is -0.152. The summed E-state index contributed by atoms with van der Waals surface area (Å²) in [6.07, 6.45) is 4.78. The number of rotatable bonds is 6. The Bertz CT molecular complexity index is 203. The standard InChI is InChI=1S/C12H24N2O2/c1-3-11(12(15)16-2)13-7-10-14-8-5-4-6-9-14/h11,13H,3-10H2,1-2H3. The molecule has 0 amide bonds. The predicted molar refractivity (Wildman–Crippen MR) is 64.4 cm³/mol. The summed E-state index contributed by atoms with van der Waals surface area (Å²) in [5.41, 5.74) is 0. The molecule has 0 bridgehead atoms. The lowest BCUT2D eigenvalue weighted by Crippen LogP contribution is -2.42. The molecule has 4 nitrogen and oxygen atoms in total. The van der Waals surface area contributed by atoms with Gasteiger partial charge >= 0.3 is 5.97 Å². The third kappa shape index (κ3) is 4.49. The van der Waals surface area contributed by atoms with E-state index in [0.29, 0.717) is 0 Å². The Balaban J connectivity index is 2.14. The van der Waals surface area contributed by atoms with E-state index >= 15 is 0 Å². The van der Waals surface area contributed by atoms with E-state index < -0.39 is 0 Å². The zero-order valence-corrected chi connectivity index (χ0v) is 10.5. The maximum Gasteiger partial charge on any atom is 0.322 e. The molecule has 0 spiro atoms. The number of hydrogen-bond acceptors (Lipinski definition) is 4. The zero-order chi connectivity index (χ0) is 11.8. The summed E-state index contributed by atoms with van der Waals surface area (Å²) in [5, 5.41) is 3.25. The molecule has 1 atom stereocenters. The average Bonchev–Trinajstić information content (AvgIpc) is 2.35. The summed E-state index contributed by atoms with van der Waals surface area (Å²) in [7, 11) is 1.44. The third-order valence-electron chi connectivity index (χ3n) is 3.16. The number of carbonyl (C=O) groups is 1. The van der Waals surface area contributed by atoms with Crippen LogP contribution in [0.15, 0.2) is 0 Å². The summed E-state index contributed by atoms with van der Waals surface area (Å²) < 4.78 is 4.73. The van der Waals surface area contributed by atoms with Crippen LogP contribution in [-0.4, -0.2) is 50.2 Å². The van der Waals surface area contributed by atoms with Gasteiger partial charge in [-0.3, -0.25) is 4.79 Å². The first-order valence-electron chi connectivity index (χ1n) is 6.31. The molecular weight excluding hydrogens is 204 g/mol. The van der Waals surface area contributed by atoms with Crippen LogP contribution < -0.4 is 5.32 Å². The predicted octanol–water partition coefficient (Wildman–Crippen LogP) is 1.01. The number of nitrogens with zero attached hydrogens (tertiary/aromatic N) is 1. The lowest BCUT2D eigenvalue weighted by Gasteiger charge is -2.27. The minimum absolute atomic E-state index is 0.144. The molecule has 1 aliphatic rings. The Morgan fingerprint density at radius 3 is 2.62 bits per heavy atom. The van der Waals surface area contributed by atoms with Gasteiger partial charge in [0.25, 0.3) is 0 Å². The largest absolute Gasteiger partial charge is 0.468 e. The number of nitrogens with one attached hydrogen (secondary N) is 1. The minimum Gasteiger partial charge on any atom is -0.468 e. The lowest BCUT2D eigenvalue weighted by atomic mass is 10.1. The number of methoxy groups -OCH3 is 1. The van der Waals surface area contributed by atoms with Crippen LogP contribution in [-0.2, 0) is 9.53 Å². The van der Waals surface area contributed by atoms with Crippen LogP contribution in [0.4, 0.5) is 0 Å². The maximum absolute atomic E-state index is 11.3. The van der Waals surface area contributed by atoms with Gasteiger partial charge in [0.15, 0.2) is 0 Å². The third-order valence-corrected chi connectivity index (χ3v) is 3.16. The molecular formula is C12H24N2O2. The van der Waals surface area contributed by atoms with Crippen LogP contribution >= 0.6 is 0 Å². The molecule has 0 aliphatic carbocycles. The van der Waals surface area contributed by atoms with Gasteiger partial charge < -0.3 is 15.0 Å². The fourth-order valence-corrected chi connectivity index (χ4v) is 2.12. The Kier molecular flexibility index (Phi) is 6.42. The lowest BCUT2D eigenvalue weighted by molar-refractivity contribution is -0.143. The van der Waals surface area contributed by atoms with Crippen molar-refractivity contribution in [3.8, 4) is 0 Å². The van der Waals surface area contributed by atoms with Gasteiger partial charge in [0.1, 0.15) is 6.04 Å². The molecule has 0 aromatic carbocycles. The highest BCUT2D eigenvalue weighted by atomic mass is 16.5. The molecule has 16 heavy (non-hydrogen) atoms. The van der Waals surface area contributed by atoms with E-state index in [1.165, 1.54) is 39.5 Å². The molecule has 1 saturated heterocycles. The van der Waals surface area contributed by atoms with Gasteiger partial charge in [-0.25, -0.2) is 0 Å². The summed E-state index contributed by atoms with van der Waals surface area (Å²) in [5.74, 6) is -0.152. The summed E-state index contributed by atoms with van der Waals surface area (Å²) in [4.78, 5) is 13.8. The molecule has 1 heterocycles. The second-order valence-corrected chi connectivity index (χ2v) is 4.34. The monoisotopic (exact) mass is 228 g/mol. The first-order chi connectivity index (χ1) is 7.77. The van der Waals surface area contributed by atoms with E-state index in [1.54, 1.807) is 0 Å². The van der Waals surface area contributed by atoms with E-state index in [1.807, 2.05) is 6.92 Å². The summed E-state index contributed by atoms with van der Waals surface area (Å²) in [6.45, 7) is 6.31. The van der Waals surface area contributed by atoms with Crippen molar-refractivity contribution in [2.24, 2.45) is 0 Å². The van der Waals surface area contributed by atoms with E-state index in [9.17, 15) is 4.79 Å². The van der Waals surface area contributed by atoms with Crippen LogP contribution in [0.25, 0.3) is 0 Å². The number of hydrogen-bond donors (Lipinski definition) is 1. The van der Waals surface area contributed by atoms with Crippen LogP contribution in [0.3, 0.4) is 0 Å². The van der Waals surface area contributed by atoms with Crippen molar-refractivity contribution in [3.05, 3.63) is 0 Å². The maximum atomic E-state index is 11.3. The van der Waals surface area contributed by atoms with Gasteiger partial charge in [-0.2, -0.15) is 0 Å². The summed E-state index contributed by atoms with van der Waals surface area (Å²) >= 11 is 0. The molecule has 1 rings (SSSR count). The Hall–Kier alpha value is -0.610. The molecule has 94 valence electrons. The van der Waals surface area contributed by atoms with Gasteiger partial charge in [0.05, 0.1) is 7.11 Å². The molecule has 4 heteroatoms. The topological polar surface area (TPSA) is 41.6 Å². The molecule has 0 radical (unpaired) electrons. The molecule has 0 aromatic rings. The first-order valence-corrected chi connectivity index (χ1v) is 6.31. The number of likely N-dealkylation sites (tertiary alicyclic amines) is 1. The van der Waals surface area contributed by atoms with Crippen molar-refractivity contribution in [2.45, 2.75) is 38.6 Å².